The highest BCUT2D eigenvalue weighted by atomic mass is 16.5. The molecule has 3 aromatic rings. The number of nitrogens with one attached hydrogen (secondary N) is 2. The van der Waals surface area contributed by atoms with Crippen LogP contribution in [-0.4, -0.2) is 58.1 Å². The van der Waals surface area contributed by atoms with Gasteiger partial charge in [-0.25, -0.2) is 4.98 Å². The summed E-state index contributed by atoms with van der Waals surface area (Å²) in [4.78, 5) is 19.8. The maximum Gasteiger partial charge on any atom is 0.207 e. The van der Waals surface area contributed by atoms with Crippen LogP contribution in [0.3, 0.4) is 0 Å². The van der Waals surface area contributed by atoms with Crippen LogP contribution in [0, 0.1) is 6.92 Å². The van der Waals surface area contributed by atoms with Crippen molar-refractivity contribution in [3.63, 3.8) is 0 Å². The van der Waals surface area contributed by atoms with Crippen LogP contribution in [-0.2, 0) is 6.42 Å². The number of Topliss-reactive ketones (excluding diaryl/α,β-unsaturated/α-hetero) is 1. The van der Waals surface area contributed by atoms with Crippen LogP contribution >= 0.6 is 0 Å². The molecule has 7 nitrogen and oxygen atoms in total. The number of hydrogen-bond acceptors (Lipinski definition) is 6. The lowest BCUT2D eigenvalue weighted by atomic mass is 9.95. The standard InChI is InChI=1S/C22H25N5O2/c1-13-5-6-16-20(28)18(12-17-15-4-3-7-24-22(15)26-25-17)29-21(16)19(13)14(2)27-10-8-23-9-11-27/h3-7,14,18,23H,8-12H2,1-2H3,(H,24,25,26). The fourth-order valence-electron chi connectivity index (χ4n) is 4.54. The quantitative estimate of drug-likeness (QED) is 0.711. The van der Waals surface area contributed by atoms with Gasteiger partial charge in [0.25, 0.3) is 0 Å². The minimum Gasteiger partial charge on any atom is -0.481 e. The monoisotopic (exact) mass is 391 g/mol. The van der Waals surface area contributed by atoms with Crippen molar-refractivity contribution in [2.75, 3.05) is 26.2 Å². The number of aromatic nitrogens is 3. The van der Waals surface area contributed by atoms with Gasteiger partial charge < -0.3 is 10.1 Å². The number of piperazine rings is 1. The normalized spacial score (nSPS) is 20.6. The molecule has 0 aliphatic carbocycles. The van der Waals surface area contributed by atoms with Gasteiger partial charge in [-0.3, -0.25) is 14.8 Å². The molecule has 5 rings (SSSR count). The number of ketones is 1. The Bertz CT molecular complexity index is 1070. The summed E-state index contributed by atoms with van der Waals surface area (Å²) in [5.41, 5.74) is 4.54. The van der Waals surface area contributed by atoms with Crippen molar-refractivity contribution in [1.29, 1.82) is 0 Å². The molecule has 150 valence electrons. The van der Waals surface area contributed by atoms with Crippen molar-refractivity contribution < 1.29 is 9.53 Å². The van der Waals surface area contributed by atoms with Crippen molar-refractivity contribution in [3.8, 4) is 5.75 Å². The molecule has 2 unspecified atom stereocenters. The number of pyridine rings is 1. The Balaban J connectivity index is 1.45. The molecule has 0 saturated carbocycles. The van der Waals surface area contributed by atoms with E-state index in [0.29, 0.717) is 17.6 Å². The van der Waals surface area contributed by atoms with Crippen LogP contribution in [0.4, 0.5) is 0 Å². The summed E-state index contributed by atoms with van der Waals surface area (Å²) in [5.74, 6) is 0.799. The number of benzene rings is 1. The van der Waals surface area contributed by atoms with Gasteiger partial charge in [-0.15, -0.1) is 0 Å². The SMILES string of the molecule is Cc1ccc2c(c1C(C)N1CCNCC1)OC(Cc1[nH]nc3ncccc13)C2=O. The van der Waals surface area contributed by atoms with Crippen LogP contribution in [0.15, 0.2) is 30.5 Å². The third-order valence-corrected chi connectivity index (χ3v) is 6.15. The second-order valence-corrected chi connectivity index (χ2v) is 7.89. The minimum absolute atomic E-state index is 0.0420. The maximum atomic E-state index is 13.1. The number of hydrogen-bond donors (Lipinski definition) is 2. The highest BCUT2D eigenvalue weighted by molar-refractivity contribution is 6.05. The fraction of sp³-hybridized carbons (Fsp3) is 0.409. The van der Waals surface area contributed by atoms with Crippen molar-refractivity contribution in [1.82, 2.24) is 25.4 Å². The lowest BCUT2D eigenvalue weighted by Crippen LogP contribution is -2.44. The molecule has 2 aromatic heterocycles. The molecule has 29 heavy (non-hydrogen) atoms. The molecule has 0 radical (unpaired) electrons. The van der Waals surface area contributed by atoms with E-state index < -0.39 is 6.10 Å². The second kappa shape index (κ2) is 7.24. The third kappa shape index (κ3) is 3.10. The van der Waals surface area contributed by atoms with Gasteiger partial charge in [-0.1, -0.05) is 6.07 Å². The zero-order valence-corrected chi connectivity index (χ0v) is 16.7. The predicted molar refractivity (Wildman–Crippen MR) is 110 cm³/mol. The van der Waals surface area contributed by atoms with E-state index in [4.69, 9.17) is 4.74 Å². The summed E-state index contributed by atoms with van der Waals surface area (Å²) in [6.07, 6.45) is 1.63. The van der Waals surface area contributed by atoms with Gasteiger partial charge in [-0.05, 0) is 37.6 Å². The zero-order valence-electron chi connectivity index (χ0n) is 16.7. The summed E-state index contributed by atoms with van der Waals surface area (Å²) < 4.78 is 6.31. The fourth-order valence-corrected chi connectivity index (χ4v) is 4.54. The molecule has 2 aliphatic rings. The highest BCUT2D eigenvalue weighted by Crippen LogP contribution is 2.40. The van der Waals surface area contributed by atoms with E-state index in [2.05, 4.69) is 39.2 Å². The molecule has 2 N–H and O–H groups in total. The molecule has 0 spiro atoms. The van der Waals surface area contributed by atoms with Crippen molar-refractivity contribution in [2.45, 2.75) is 32.4 Å². The number of fused-ring (bicyclic) bond motifs is 2. The minimum atomic E-state index is -0.537. The van der Waals surface area contributed by atoms with E-state index in [0.717, 1.165) is 48.6 Å². The Morgan fingerprint density at radius 3 is 2.93 bits per heavy atom. The van der Waals surface area contributed by atoms with Gasteiger partial charge >= 0.3 is 0 Å². The van der Waals surface area contributed by atoms with Crippen LogP contribution in [0.2, 0.25) is 0 Å². The average molecular weight is 391 g/mol. The molecule has 1 saturated heterocycles. The number of aryl methyl sites for hydroxylation is 1. The molecular formula is C22H25N5O2. The van der Waals surface area contributed by atoms with E-state index in [9.17, 15) is 4.79 Å². The van der Waals surface area contributed by atoms with E-state index in [-0.39, 0.29) is 11.8 Å². The first-order valence-electron chi connectivity index (χ1n) is 10.2. The van der Waals surface area contributed by atoms with E-state index in [1.807, 2.05) is 24.3 Å². The van der Waals surface area contributed by atoms with Crippen LogP contribution in [0.25, 0.3) is 11.0 Å². The molecule has 2 atom stereocenters. The molecule has 4 heterocycles. The number of nitrogens with zero attached hydrogens (tertiary/aromatic N) is 3. The summed E-state index contributed by atoms with van der Waals surface area (Å²) in [7, 11) is 0. The highest BCUT2D eigenvalue weighted by Gasteiger charge is 2.37. The predicted octanol–water partition coefficient (Wildman–Crippen LogP) is 2.42. The lowest BCUT2D eigenvalue weighted by molar-refractivity contribution is 0.0854. The van der Waals surface area contributed by atoms with Crippen LogP contribution in [0.5, 0.6) is 5.75 Å². The van der Waals surface area contributed by atoms with Gasteiger partial charge in [0.05, 0.1) is 5.56 Å². The van der Waals surface area contributed by atoms with Crippen LogP contribution < -0.4 is 10.1 Å². The summed E-state index contributed by atoms with van der Waals surface area (Å²) in [6.45, 7) is 8.28. The van der Waals surface area contributed by atoms with Gasteiger partial charge in [0.15, 0.2) is 11.8 Å². The van der Waals surface area contributed by atoms with E-state index in [1.165, 1.54) is 5.56 Å². The maximum absolute atomic E-state index is 13.1. The van der Waals surface area contributed by atoms with E-state index in [1.54, 1.807) is 6.20 Å². The largest absolute Gasteiger partial charge is 0.481 e. The average Bonchev–Trinajstić information content (AvgIpc) is 3.30. The van der Waals surface area contributed by atoms with Crippen LogP contribution in [0.1, 0.15) is 40.1 Å². The van der Waals surface area contributed by atoms with E-state index >= 15 is 0 Å². The Hall–Kier alpha value is -2.77. The summed E-state index contributed by atoms with van der Waals surface area (Å²) in [6, 6.07) is 8.01. The molecular weight excluding hydrogens is 366 g/mol. The van der Waals surface area contributed by atoms with Crippen molar-refractivity contribution >= 4 is 16.8 Å². The lowest BCUT2D eigenvalue weighted by Gasteiger charge is -2.34. The Morgan fingerprint density at radius 1 is 1.28 bits per heavy atom. The number of rotatable bonds is 4. The summed E-state index contributed by atoms with van der Waals surface area (Å²) >= 11 is 0. The van der Waals surface area contributed by atoms with Gasteiger partial charge in [0.1, 0.15) is 5.75 Å². The van der Waals surface area contributed by atoms with Gasteiger partial charge in [0.2, 0.25) is 5.78 Å². The second-order valence-electron chi connectivity index (χ2n) is 7.89. The number of aromatic amines is 1. The molecule has 1 fully saturated rings. The Labute approximate surface area is 169 Å². The zero-order chi connectivity index (χ0) is 20.0. The number of ether oxygens (including phenoxy) is 1. The molecule has 0 bridgehead atoms. The first-order chi connectivity index (χ1) is 14.1. The van der Waals surface area contributed by atoms with Crippen molar-refractivity contribution in [2.24, 2.45) is 0 Å². The topological polar surface area (TPSA) is 83.1 Å². The first kappa shape index (κ1) is 18.3. The van der Waals surface area contributed by atoms with Gasteiger partial charge in [-0.2, -0.15) is 5.10 Å². The molecule has 7 heteroatoms. The molecule has 1 aromatic carbocycles. The summed E-state index contributed by atoms with van der Waals surface area (Å²) in [5, 5.41) is 11.6. The van der Waals surface area contributed by atoms with Gasteiger partial charge in [0, 0.05) is 61.5 Å². The molecule has 2 aliphatic heterocycles. The Morgan fingerprint density at radius 2 is 2.10 bits per heavy atom. The smallest absolute Gasteiger partial charge is 0.207 e. The number of carbonyl (C=O) groups is 1. The Kier molecular flexibility index (Phi) is 4.56. The third-order valence-electron chi connectivity index (χ3n) is 6.15. The number of H-pyrrole nitrogens is 1. The first-order valence-corrected chi connectivity index (χ1v) is 10.2. The molecule has 0 amide bonds. The number of carbonyl (C=O) groups excluding carboxylic acids is 1. The van der Waals surface area contributed by atoms with Crippen molar-refractivity contribution in [3.05, 3.63) is 52.8 Å².